The molecule has 0 spiro atoms. The van der Waals surface area contributed by atoms with Gasteiger partial charge < -0.3 is 20.3 Å². The van der Waals surface area contributed by atoms with Crippen LogP contribution < -0.4 is 10.6 Å². The number of aliphatic imine (C=N–C) groups is 1. The predicted octanol–water partition coefficient (Wildman–Crippen LogP) is 3.46. The summed E-state index contributed by atoms with van der Waals surface area (Å²) in [5.41, 5.74) is 2.73. The molecule has 2 fully saturated rings. The summed E-state index contributed by atoms with van der Waals surface area (Å²) in [5.74, 6) is 1.13. The summed E-state index contributed by atoms with van der Waals surface area (Å²) in [6.45, 7) is 6.98. The summed E-state index contributed by atoms with van der Waals surface area (Å²) < 4.78 is 5.62. The van der Waals surface area contributed by atoms with Gasteiger partial charge in [-0.3, -0.25) is 9.79 Å². The van der Waals surface area contributed by atoms with Crippen LogP contribution in [-0.2, 0) is 22.6 Å². The number of benzene rings is 1. The van der Waals surface area contributed by atoms with Gasteiger partial charge in [-0.25, -0.2) is 0 Å². The fraction of sp³-hybridized carbons (Fsp3) is 0.667. The Kier molecular flexibility index (Phi) is 8.55. The van der Waals surface area contributed by atoms with Crippen molar-refractivity contribution in [2.75, 3.05) is 33.4 Å². The first-order chi connectivity index (χ1) is 14.6. The number of amides is 1. The number of hydrogen-bond acceptors (Lipinski definition) is 3. The molecule has 1 amide bonds. The normalized spacial score (nSPS) is 18.8. The van der Waals surface area contributed by atoms with Crippen LogP contribution in [0.3, 0.4) is 0 Å². The fourth-order valence-electron chi connectivity index (χ4n) is 4.60. The Morgan fingerprint density at radius 3 is 2.50 bits per heavy atom. The van der Waals surface area contributed by atoms with E-state index >= 15 is 0 Å². The highest BCUT2D eigenvalue weighted by molar-refractivity contribution is 5.79. The van der Waals surface area contributed by atoms with Gasteiger partial charge in [0.15, 0.2) is 5.96 Å². The van der Waals surface area contributed by atoms with Crippen LogP contribution in [0.25, 0.3) is 0 Å². The number of hydrogen-bond donors (Lipinski definition) is 2. The van der Waals surface area contributed by atoms with Gasteiger partial charge in [-0.05, 0) is 49.1 Å². The number of rotatable bonds is 10. The van der Waals surface area contributed by atoms with Crippen molar-refractivity contribution in [1.29, 1.82) is 0 Å². The molecule has 1 saturated heterocycles. The van der Waals surface area contributed by atoms with Crippen molar-refractivity contribution in [2.24, 2.45) is 10.4 Å². The SMILES string of the molecule is CCOCCC1(CNC(=NC)NCc2ccc(CN3CCCC3=O)cc2)CCCC1. The molecule has 0 aromatic heterocycles. The molecule has 6 heteroatoms. The smallest absolute Gasteiger partial charge is 0.222 e. The van der Waals surface area contributed by atoms with E-state index in [4.69, 9.17) is 4.74 Å². The quantitative estimate of drug-likeness (QED) is 0.350. The number of carbonyl (C=O) groups is 1. The molecule has 1 aliphatic carbocycles. The minimum atomic E-state index is 0.275. The summed E-state index contributed by atoms with van der Waals surface area (Å²) in [6, 6.07) is 8.52. The predicted molar refractivity (Wildman–Crippen MR) is 121 cm³/mol. The molecule has 0 atom stereocenters. The monoisotopic (exact) mass is 414 g/mol. The first-order valence-corrected chi connectivity index (χ1v) is 11.5. The average Bonchev–Trinajstić information content (AvgIpc) is 3.39. The first-order valence-electron chi connectivity index (χ1n) is 11.5. The standard InChI is InChI=1S/C24H38N4O2/c1-3-30-16-14-24(12-4-5-13-24)19-27-23(25-2)26-17-20-8-10-21(11-9-20)18-28-15-6-7-22(28)29/h8-11H,3-7,12-19H2,1-2H3,(H2,25,26,27). The van der Waals surface area contributed by atoms with Gasteiger partial charge in [0, 0.05) is 52.9 Å². The maximum Gasteiger partial charge on any atom is 0.222 e. The molecule has 1 aromatic rings. The van der Waals surface area contributed by atoms with E-state index in [1.165, 1.54) is 36.8 Å². The van der Waals surface area contributed by atoms with Crippen molar-refractivity contribution in [2.45, 2.75) is 65.0 Å². The summed E-state index contributed by atoms with van der Waals surface area (Å²) >= 11 is 0. The molecule has 2 aliphatic rings. The molecule has 166 valence electrons. The van der Waals surface area contributed by atoms with Gasteiger partial charge in [0.1, 0.15) is 0 Å². The van der Waals surface area contributed by atoms with Gasteiger partial charge in [0.25, 0.3) is 0 Å². The molecule has 0 unspecified atom stereocenters. The summed E-state index contributed by atoms with van der Waals surface area (Å²) in [4.78, 5) is 18.2. The number of guanidine groups is 1. The number of carbonyl (C=O) groups excluding carboxylic acids is 1. The van der Waals surface area contributed by atoms with E-state index in [-0.39, 0.29) is 5.91 Å². The van der Waals surface area contributed by atoms with E-state index in [9.17, 15) is 4.79 Å². The van der Waals surface area contributed by atoms with E-state index in [2.05, 4.69) is 46.8 Å². The van der Waals surface area contributed by atoms with Crippen molar-refractivity contribution in [3.05, 3.63) is 35.4 Å². The molecule has 1 heterocycles. The maximum absolute atomic E-state index is 11.8. The van der Waals surface area contributed by atoms with Gasteiger partial charge in [-0.2, -0.15) is 0 Å². The third-order valence-corrected chi connectivity index (χ3v) is 6.53. The zero-order valence-electron chi connectivity index (χ0n) is 18.7. The molecule has 1 aromatic carbocycles. The zero-order valence-corrected chi connectivity index (χ0v) is 18.7. The number of ether oxygens (including phenoxy) is 1. The van der Waals surface area contributed by atoms with E-state index in [0.29, 0.717) is 11.8 Å². The third kappa shape index (κ3) is 6.46. The fourth-order valence-corrected chi connectivity index (χ4v) is 4.60. The lowest BCUT2D eigenvalue weighted by atomic mass is 9.83. The Labute approximate surface area is 181 Å². The van der Waals surface area contributed by atoms with Gasteiger partial charge in [-0.15, -0.1) is 0 Å². The second-order valence-corrected chi connectivity index (χ2v) is 8.67. The van der Waals surface area contributed by atoms with Crippen molar-refractivity contribution in [3.63, 3.8) is 0 Å². The van der Waals surface area contributed by atoms with Gasteiger partial charge in [0.2, 0.25) is 5.91 Å². The van der Waals surface area contributed by atoms with Crippen LogP contribution in [0.1, 0.15) is 63.0 Å². The highest BCUT2D eigenvalue weighted by Crippen LogP contribution is 2.40. The molecule has 0 bridgehead atoms. The van der Waals surface area contributed by atoms with Crippen molar-refractivity contribution >= 4 is 11.9 Å². The van der Waals surface area contributed by atoms with Crippen LogP contribution in [0.15, 0.2) is 29.3 Å². The van der Waals surface area contributed by atoms with Crippen LogP contribution in [0, 0.1) is 5.41 Å². The van der Waals surface area contributed by atoms with Gasteiger partial charge in [0.05, 0.1) is 0 Å². The Morgan fingerprint density at radius 1 is 1.13 bits per heavy atom. The van der Waals surface area contributed by atoms with Crippen molar-refractivity contribution in [1.82, 2.24) is 15.5 Å². The average molecular weight is 415 g/mol. The Hall–Kier alpha value is -2.08. The number of nitrogens with zero attached hydrogens (tertiary/aromatic N) is 2. The summed E-state index contributed by atoms with van der Waals surface area (Å²) in [5, 5.41) is 6.99. The van der Waals surface area contributed by atoms with Crippen LogP contribution >= 0.6 is 0 Å². The van der Waals surface area contributed by atoms with Crippen LogP contribution in [0.4, 0.5) is 0 Å². The molecule has 3 rings (SSSR count). The van der Waals surface area contributed by atoms with Crippen molar-refractivity contribution < 1.29 is 9.53 Å². The molecule has 30 heavy (non-hydrogen) atoms. The molecule has 2 N–H and O–H groups in total. The Morgan fingerprint density at radius 2 is 1.87 bits per heavy atom. The lowest BCUT2D eigenvalue weighted by Gasteiger charge is -2.30. The lowest BCUT2D eigenvalue weighted by Crippen LogP contribution is -2.43. The highest BCUT2D eigenvalue weighted by Gasteiger charge is 2.33. The van der Waals surface area contributed by atoms with E-state index in [0.717, 1.165) is 58.2 Å². The largest absolute Gasteiger partial charge is 0.382 e. The van der Waals surface area contributed by atoms with E-state index in [1.807, 2.05) is 11.9 Å². The molecule has 1 saturated carbocycles. The summed E-state index contributed by atoms with van der Waals surface area (Å²) in [6.07, 6.45) is 7.97. The maximum atomic E-state index is 11.8. The lowest BCUT2D eigenvalue weighted by molar-refractivity contribution is -0.128. The first kappa shape index (κ1) is 22.6. The summed E-state index contributed by atoms with van der Waals surface area (Å²) in [7, 11) is 1.83. The Balaban J connectivity index is 1.45. The van der Waals surface area contributed by atoms with Gasteiger partial charge >= 0.3 is 0 Å². The number of likely N-dealkylation sites (tertiary alicyclic amines) is 1. The molecular weight excluding hydrogens is 376 g/mol. The Bertz CT molecular complexity index is 696. The van der Waals surface area contributed by atoms with Crippen LogP contribution in [0.2, 0.25) is 0 Å². The topological polar surface area (TPSA) is 66.0 Å². The highest BCUT2D eigenvalue weighted by atomic mass is 16.5. The third-order valence-electron chi connectivity index (χ3n) is 6.53. The molecular formula is C24H38N4O2. The minimum Gasteiger partial charge on any atom is -0.382 e. The number of nitrogens with one attached hydrogen (secondary N) is 2. The van der Waals surface area contributed by atoms with E-state index < -0.39 is 0 Å². The molecule has 6 nitrogen and oxygen atoms in total. The minimum absolute atomic E-state index is 0.275. The second-order valence-electron chi connectivity index (χ2n) is 8.67. The van der Waals surface area contributed by atoms with Crippen LogP contribution in [-0.4, -0.2) is 50.1 Å². The molecule has 1 aliphatic heterocycles. The van der Waals surface area contributed by atoms with Gasteiger partial charge in [-0.1, -0.05) is 37.1 Å². The van der Waals surface area contributed by atoms with Crippen LogP contribution in [0.5, 0.6) is 0 Å². The van der Waals surface area contributed by atoms with Crippen molar-refractivity contribution in [3.8, 4) is 0 Å². The molecule has 0 radical (unpaired) electrons. The second kappa shape index (κ2) is 11.3. The van der Waals surface area contributed by atoms with E-state index in [1.54, 1.807) is 0 Å². The zero-order chi connectivity index (χ0) is 21.2.